The highest BCUT2D eigenvalue weighted by atomic mass is 35.5. The molecule has 0 bridgehead atoms. The molecule has 0 heterocycles. The standard InChI is InChI=1S/C11H14F3NO2.ClH/c1-6(16)10(15)8-4-3-7(17-2)5-9(8)11(12,13)14;/h3-6,10,16H,15H2,1-2H3;1H/t6-,10-;/m0./s1. The Balaban J connectivity index is 0.00000289. The molecule has 0 fully saturated rings. The van der Waals surface area contributed by atoms with Crippen molar-refractivity contribution >= 4 is 12.4 Å². The molecule has 7 heteroatoms. The Labute approximate surface area is 109 Å². The molecule has 1 aromatic rings. The van der Waals surface area contributed by atoms with E-state index in [2.05, 4.69) is 0 Å². The van der Waals surface area contributed by atoms with Gasteiger partial charge in [0.15, 0.2) is 0 Å². The summed E-state index contributed by atoms with van der Waals surface area (Å²) >= 11 is 0. The Kier molecular flexibility index (Phi) is 5.92. The highest BCUT2D eigenvalue weighted by molar-refractivity contribution is 5.85. The molecule has 0 unspecified atom stereocenters. The maximum atomic E-state index is 12.8. The second-order valence-electron chi connectivity index (χ2n) is 3.72. The summed E-state index contributed by atoms with van der Waals surface area (Å²) in [5.74, 6) is 0.0962. The minimum absolute atomic E-state index is 0. The normalized spacial score (nSPS) is 14.6. The van der Waals surface area contributed by atoms with Crippen LogP contribution in [-0.2, 0) is 6.18 Å². The van der Waals surface area contributed by atoms with Crippen LogP contribution in [0.25, 0.3) is 0 Å². The first-order valence-electron chi connectivity index (χ1n) is 4.96. The minimum atomic E-state index is -4.53. The summed E-state index contributed by atoms with van der Waals surface area (Å²) in [6.45, 7) is 1.34. The third-order valence-corrected chi connectivity index (χ3v) is 2.44. The lowest BCUT2D eigenvalue weighted by Crippen LogP contribution is -2.26. The first-order valence-corrected chi connectivity index (χ1v) is 4.96. The van der Waals surface area contributed by atoms with E-state index >= 15 is 0 Å². The molecule has 18 heavy (non-hydrogen) atoms. The van der Waals surface area contributed by atoms with Crippen molar-refractivity contribution in [3.63, 3.8) is 0 Å². The fourth-order valence-corrected chi connectivity index (χ4v) is 1.46. The highest BCUT2D eigenvalue weighted by Gasteiger charge is 2.35. The molecule has 0 saturated heterocycles. The molecule has 3 N–H and O–H groups in total. The van der Waals surface area contributed by atoms with Gasteiger partial charge >= 0.3 is 6.18 Å². The van der Waals surface area contributed by atoms with Crippen molar-refractivity contribution in [2.45, 2.75) is 25.2 Å². The van der Waals surface area contributed by atoms with Gasteiger partial charge in [-0.25, -0.2) is 0 Å². The Morgan fingerprint density at radius 3 is 2.28 bits per heavy atom. The first kappa shape index (κ1) is 17.0. The quantitative estimate of drug-likeness (QED) is 0.897. The number of aliphatic hydroxyl groups is 1. The fourth-order valence-electron chi connectivity index (χ4n) is 1.46. The van der Waals surface area contributed by atoms with E-state index in [0.29, 0.717) is 0 Å². The molecule has 1 aromatic carbocycles. The van der Waals surface area contributed by atoms with Gasteiger partial charge in [-0.1, -0.05) is 6.07 Å². The summed E-state index contributed by atoms with van der Waals surface area (Å²) in [6.07, 6.45) is -5.60. The van der Waals surface area contributed by atoms with Gasteiger partial charge in [-0.2, -0.15) is 13.2 Å². The van der Waals surface area contributed by atoms with Crippen molar-refractivity contribution in [1.82, 2.24) is 0 Å². The first-order chi connectivity index (χ1) is 7.77. The van der Waals surface area contributed by atoms with Gasteiger partial charge in [-0.3, -0.25) is 0 Å². The average molecular weight is 286 g/mol. The third-order valence-electron chi connectivity index (χ3n) is 2.44. The number of benzene rings is 1. The lowest BCUT2D eigenvalue weighted by atomic mass is 9.97. The highest BCUT2D eigenvalue weighted by Crippen LogP contribution is 2.36. The number of nitrogens with two attached hydrogens (primary N) is 1. The van der Waals surface area contributed by atoms with Crippen LogP contribution in [0.2, 0.25) is 0 Å². The molecular formula is C11H15ClF3NO2. The van der Waals surface area contributed by atoms with Crippen LogP contribution in [0.3, 0.4) is 0 Å². The number of aliphatic hydroxyl groups excluding tert-OH is 1. The molecule has 0 saturated carbocycles. The van der Waals surface area contributed by atoms with E-state index in [1.165, 1.54) is 26.2 Å². The van der Waals surface area contributed by atoms with Gasteiger partial charge in [0.2, 0.25) is 0 Å². The van der Waals surface area contributed by atoms with Crippen LogP contribution in [-0.4, -0.2) is 18.3 Å². The number of hydrogen-bond acceptors (Lipinski definition) is 3. The number of alkyl halides is 3. The molecule has 1 rings (SSSR count). The summed E-state index contributed by atoms with van der Waals surface area (Å²) in [5, 5.41) is 9.27. The van der Waals surface area contributed by atoms with E-state index in [9.17, 15) is 18.3 Å². The summed E-state index contributed by atoms with van der Waals surface area (Å²) in [7, 11) is 1.28. The minimum Gasteiger partial charge on any atom is -0.497 e. The number of halogens is 4. The van der Waals surface area contributed by atoms with E-state index < -0.39 is 23.9 Å². The molecule has 104 valence electrons. The predicted molar refractivity (Wildman–Crippen MR) is 63.9 cm³/mol. The lowest BCUT2D eigenvalue weighted by Gasteiger charge is -2.21. The summed E-state index contributed by atoms with van der Waals surface area (Å²) < 4.78 is 43.1. The zero-order valence-corrected chi connectivity index (χ0v) is 10.7. The van der Waals surface area contributed by atoms with Crippen molar-refractivity contribution < 1.29 is 23.0 Å². The van der Waals surface area contributed by atoms with Gasteiger partial charge in [0, 0.05) is 0 Å². The molecule has 0 amide bonds. The van der Waals surface area contributed by atoms with Crippen LogP contribution in [0.4, 0.5) is 13.2 Å². The van der Waals surface area contributed by atoms with E-state index in [-0.39, 0.29) is 23.7 Å². The van der Waals surface area contributed by atoms with E-state index in [1.807, 2.05) is 0 Å². The van der Waals surface area contributed by atoms with Gasteiger partial charge < -0.3 is 15.6 Å². The monoisotopic (exact) mass is 285 g/mol. The van der Waals surface area contributed by atoms with Crippen molar-refractivity contribution in [2.75, 3.05) is 7.11 Å². The van der Waals surface area contributed by atoms with Crippen molar-refractivity contribution in [2.24, 2.45) is 5.73 Å². The van der Waals surface area contributed by atoms with Gasteiger partial charge in [0.05, 0.1) is 24.8 Å². The van der Waals surface area contributed by atoms with E-state index in [1.54, 1.807) is 0 Å². The average Bonchev–Trinajstić information content (AvgIpc) is 2.26. The Morgan fingerprint density at radius 1 is 1.33 bits per heavy atom. The fraction of sp³-hybridized carbons (Fsp3) is 0.455. The molecule has 0 aliphatic carbocycles. The van der Waals surface area contributed by atoms with Crippen LogP contribution in [0.1, 0.15) is 24.1 Å². The van der Waals surface area contributed by atoms with Gasteiger partial charge in [0.25, 0.3) is 0 Å². The molecule has 0 spiro atoms. The SMILES string of the molecule is COc1ccc([C@@H](N)[C@H](C)O)c(C(F)(F)F)c1.Cl. The third kappa shape index (κ3) is 3.76. The Hall–Kier alpha value is -0.980. The van der Waals surface area contributed by atoms with Crippen molar-refractivity contribution in [3.8, 4) is 5.75 Å². The predicted octanol–water partition coefficient (Wildman–Crippen LogP) is 2.52. The Bertz CT molecular complexity index is 396. The van der Waals surface area contributed by atoms with E-state index in [0.717, 1.165) is 6.07 Å². The zero-order valence-electron chi connectivity index (χ0n) is 9.86. The van der Waals surface area contributed by atoms with Crippen LogP contribution in [0.5, 0.6) is 5.75 Å². The number of rotatable bonds is 3. The van der Waals surface area contributed by atoms with E-state index in [4.69, 9.17) is 10.5 Å². The zero-order chi connectivity index (χ0) is 13.2. The number of hydrogen-bond donors (Lipinski definition) is 2. The van der Waals surface area contributed by atoms with Crippen LogP contribution in [0, 0.1) is 0 Å². The summed E-state index contributed by atoms with van der Waals surface area (Å²) in [4.78, 5) is 0. The molecular weight excluding hydrogens is 271 g/mol. The molecule has 0 radical (unpaired) electrons. The molecule has 0 aliphatic heterocycles. The number of ether oxygens (including phenoxy) is 1. The lowest BCUT2D eigenvalue weighted by molar-refractivity contribution is -0.138. The second-order valence-corrected chi connectivity index (χ2v) is 3.72. The second kappa shape index (κ2) is 6.26. The molecule has 3 nitrogen and oxygen atoms in total. The maximum Gasteiger partial charge on any atom is 0.416 e. The van der Waals surface area contributed by atoms with Gasteiger partial charge in [-0.05, 0) is 24.6 Å². The molecule has 0 aliphatic rings. The van der Waals surface area contributed by atoms with Gasteiger partial charge in [-0.15, -0.1) is 12.4 Å². The van der Waals surface area contributed by atoms with Crippen LogP contribution in [0.15, 0.2) is 18.2 Å². The molecule has 0 aromatic heterocycles. The number of methoxy groups -OCH3 is 1. The topological polar surface area (TPSA) is 55.5 Å². The Morgan fingerprint density at radius 2 is 1.89 bits per heavy atom. The van der Waals surface area contributed by atoms with Crippen molar-refractivity contribution in [3.05, 3.63) is 29.3 Å². The smallest absolute Gasteiger partial charge is 0.416 e. The summed E-state index contributed by atoms with van der Waals surface area (Å²) in [5.41, 5.74) is 4.51. The van der Waals surface area contributed by atoms with Crippen LogP contribution < -0.4 is 10.5 Å². The summed E-state index contributed by atoms with van der Waals surface area (Å²) in [6, 6.07) is 2.39. The largest absolute Gasteiger partial charge is 0.497 e. The van der Waals surface area contributed by atoms with Gasteiger partial charge in [0.1, 0.15) is 5.75 Å². The van der Waals surface area contributed by atoms with Crippen molar-refractivity contribution in [1.29, 1.82) is 0 Å². The molecule has 2 atom stereocenters. The van der Waals surface area contributed by atoms with Crippen LogP contribution >= 0.6 is 12.4 Å². The maximum absolute atomic E-state index is 12.8.